The van der Waals surface area contributed by atoms with Crippen molar-refractivity contribution < 1.29 is 27.4 Å². The Hall–Kier alpha value is -4.55. The summed E-state index contributed by atoms with van der Waals surface area (Å²) in [7, 11) is 1.55. The lowest BCUT2D eigenvalue weighted by atomic mass is 9.50. The maximum absolute atomic E-state index is 13.5. The summed E-state index contributed by atoms with van der Waals surface area (Å²) in [4.78, 5) is 26.1. The highest BCUT2D eigenvalue weighted by atomic mass is 35.5. The third kappa shape index (κ3) is 6.40. The summed E-state index contributed by atoms with van der Waals surface area (Å²) in [6.45, 7) is 3.92. The van der Waals surface area contributed by atoms with Crippen LogP contribution in [0.4, 0.5) is 35.3 Å². The van der Waals surface area contributed by atoms with Gasteiger partial charge in [-0.25, -0.2) is 14.8 Å². The Morgan fingerprint density at radius 1 is 0.944 bits per heavy atom. The van der Waals surface area contributed by atoms with Crippen LogP contribution in [-0.4, -0.2) is 72.4 Å². The number of fused-ring (bicyclic) bond motifs is 3. The van der Waals surface area contributed by atoms with Crippen LogP contribution < -0.4 is 20.3 Å². The Labute approximate surface area is 317 Å². The number of hydrogen-bond acceptors (Lipinski definition) is 8. The zero-order valence-electron chi connectivity index (χ0n) is 29.9. The standard InChI is InChI=1S/C41H42ClF3N6O3/c1-53-35-18-27(10-11-34(35)47-38-46-22-33(37(42)48-38)41(43,44)45)50-12-14-51(15-13-50)36-25-16-24-17-26(36)21-40(19-24,20-25)49-39(52)54-23-32-30-8-4-2-6-28(30)29-7-3-5-9-31(29)32/h2-11,18,22,24-26,32,36H,12-17,19-21,23H2,1H3,(H,49,52)(H,46,47,48). The van der Waals surface area contributed by atoms with Gasteiger partial charge in [0.25, 0.3) is 0 Å². The monoisotopic (exact) mass is 758 g/mol. The van der Waals surface area contributed by atoms with Crippen LogP contribution in [0.1, 0.15) is 54.7 Å². The Morgan fingerprint density at radius 3 is 2.24 bits per heavy atom. The molecule has 6 aliphatic rings. The van der Waals surface area contributed by atoms with Gasteiger partial charge in [-0.2, -0.15) is 13.2 Å². The highest BCUT2D eigenvalue weighted by Crippen LogP contribution is 2.57. The third-order valence-electron chi connectivity index (χ3n) is 12.5. The summed E-state index contributed by atoms with van der Waals surface area (Å²) in [5, 5.41) is 5.69. The molecule has 2 atom stereocenters. The number of aromatic nitrogens is 2. The van der Waals surface area contributed by atoms with Crippen LogP contribution in [-0.2, 0) is 10.9 Å². The van der Waals surface area contributed by atoms with Crippen LogP contribution in [0, 0.1) is 17.8 Å². The number of anilines is 3. The molecule has 1 aliphatic heterocycles. The van der Waals surface area contributed by atoms with Crippen molar-refractivity contribution in [2.45, 2.75) is 55.8 Å². The first-order chi connectivity index (χ1) is 26.1. The molecule has 54 heavy (non-hydrogen) atoms. The number of alkyl halides is 3. The number of methoxy groups -OCH3 is 1. The number of amides is 1. The van der Waals surface area contributed by atoms with Crippen molar-refractivity contribution >= 4 is 35.0 Å². The van der Waals surface area contributed by atoms with Crippen molar-refractivity contribution in [3.8, 4) is 16.9 Å². The summed E-state index contributed by atoms with van der Waals surface area (Å²) in [6.07, 6.45) is 1.20. The summed E-state index contributed by atoms with van der Waals surface area (Å²) < 4.78 is 51.0. The molecule has 2 N–H and O–H groups in total. The molecular formula is C41H42ClF3N6O3. The predicted octanol–water partition coefficient (Wildman–Crippen LogP) is 8.51. The van der Waals surface area contributed by atoms with Crippen molar-refractivity contribution in [2.24, 2.45) is 17.8 Å². The number of alkyl carbamates (subject to hydrolysis) is 1. The number of nitrogens with zero attached hydrogens (tertiary/aromatic N) is 4. The lowest BCUT2D eigenvalue weighted by molar-refractivity contribution is -0.137. The number of benzene rings is 3. The molecule has 3 aromatic carbocycles. The second-order valence-electron chi connectivity index (χ2n) is 15.6. The average molecular weight is 759 g/mol. The number of ether oxygens (including phenoxy) is 2. The van der Waals surface area contributed by atoms with Gasteiger partial charge in [0.1, 0.15) is 23.1 Å². The number of carbonyl (C=O) groups is 1. The van der Waals surface area contributed by atoms with E-state index in [4.69, 9.17) is 21.1 Å². The minimum absolute atomic E-state index is 0.0418. The van der Waals surface area contributed by atoms with Gasteiger partial charge in [0.2, 0.25) is 5.95 Å². The summed E-state index contributed by atoms with van der Waals surface area (Å²) in [5.74, 6) is 2.23. The van der Waals surface area contributed by atoms with Gasteiger partial charge in [0, 0.05) is 61.6 Å². The molecule has 2 unspecified atom stereocenters. The smallest absolute Gasteiger partial charge is 0.420 e. The average Bonchev–Trinajstić information content (AvgIpc) is 3.47. The quantitative estimate of drug-likeness (QED) is 0.173. The first-order valence-electron chi connectivity index (χ1n) is 18.7. The molecule has 4 aromatic rings. The summed E-state index contributed by atoms with van der Waals surface area (Å²) in [6, 6.07) is 23.0. The van der Waals surface area contributed by atoms with Gasteiger partial charge in [-0.15, -0.1) is 0 Å². The van der Waals surface area contributed by atoms with E-state index in [1.807, 2.05) is 18.2 Å². The van der Waals surface area contributed by atoms with Gasteiger partial charge >= 0.3 is 12.3 Å². The fourth-order valence-corrected chi connectivity index (χ4v) is 10.8. The molecule has 1 aromatic heterocycles. The molecule has 9 nitrogen and oxygen atoms in total. The van der Waals surface area contributed by atoms with Crippen molar-refractivity contribution in [2.75, 3.05) is 50.1 Å². The van der Waals surface area contributed by atoms with Crippen LogP contribution in [0.3, 0.4) is 0 Å². The van der Waals surface area contributed by atoms with Crippen LogP contribution in [0.2, 0.25) is 5.15 Å². The fraction of sp³-hybridized carbons (Fsp3) is 0.439. The number of halogens is 4. The zero-order chi connectivity index (χ0) is 37.2. The van der Waals surface area contributed by atoms with Crippen LogP contribution >= 0.6 is 11.6 Å². The van der Waals surface area contributed by atoms with E-state index in [1.54, 1.807) is 7.11 Å². The predicted molar refractivity (Wildman–Crippen MR) is 200 cm³/mol. The lowest BCUT2D eigenvalue weighted by Gasteiger charge is -2.62. The normalized spacial score (nSPS) is 26.0. The van der Waals surface area contributed by atoms with E-state index < -0.39 is 16.9 Å². The van der Waals surface area contributed by atoms with Gasteiger partial charge in [0.05, 0.1) is 12.8 Å². The molecule has 5 aliphatic carbocycles. The molecular weight excluding hydrogens is 717 g/mol. The van der Waals surface area contributed by atoms with E-state index in [2.05, 4.69) is 78.9 Å². The van der Waals surface area contributed by atoms with Crippen LogP contribution in [0.15, 0.2) is 72.9 Å². The van der Waals surface area contributed by atoms with E-state index in [9.17, 15) is 18.0 Å². The van der Waals surface area contributed by atoms with E-state index in [0.29, 0.717) is 48.0 Å². The van der Waals surface area contributed by atoms with Gasteiger partial charge in [-0.1, -0.05) is 60.1 Å². The minimum Gasteiger partial charge on any atom is -0.494 e. The molecule has 282 valence electrons. The van der Waals surface area contributed by atoms with E-state index >= 15 is 0 Å². The molecule has 0 spiro atoms. The number of carbonyl (C=O) groups excluding carboxylic acids is 1. The molecule has 5 fully saturated rings. The Balaban J connectivity index is 0.810. The maximum Gasteiger partial charge on any atom is 0.420 e. The van der Waals surface area contributed by atoms with E-state index in [1.165, 1.54) is 35.1 Å². The van der Waals surface area contributed by atoms with Crippen molar-refractivity contribution in [3.63, 3.8) is 0 Å². The SMILES string of the molecule is COc1cc(N2CCN(C3C4CC5CC3CC(NC(=O)OCC3c6ccccc6-c6ccccc63)(C5)C4)CC2)ccc1Nc1ncc(C(F)(F)F)c(Cl)n1. The Bertz CT molecular complexity index is 2010. The van der Waals surface area contributed by atoms with Gasteiger partial charge in [-0.05, 0) is 84.2 Å². The minimum atomic E-state index is -4.64. The molecule has 4 bridgehead atoms. The third-order valence-corrected chi connectivity index (χ3v) is 12.8. The Kier molecular flexibility index (Phi) is 8.88. The second kappa shape index (κ2) is 13.6. The fourth-order valence-electron chi connectivity index (χ4n) is 10.6. The van der Waals surface area contributed by atoms with Crippen LogP contribution in [0.5, 0.6) is 5.75 Å². The van der Waals surface area contributed by atoms with E-state index in [-0.39, 0.29) is 23.5 Å². The number of rotatable bonds is 8. The highest BCUT2D eigenvalue weighted by Gasteiger charge is 2.57. The van der Waals surface area contributed by atoms with Crippen LogP contribution in [0.25, 0.3) is 11.1 Å². The molecule has 2 heterocycles. The lowest BCUT2D eigenvalue weighted by Crippen LogP contribution is -2.68. The van der Waals surface area contributed by atoms with Gasteiger partial charge in [0.15, 0.2) is 0 Å². The molecule has 0 radical (unpaired) electrons. The van der Waals surface area contributed by atoms with E-state index in [0.717, 1.165) is 51.1 Å². The zero-order valence-corrected chi connectivity index (χ0v) is 30.7. The van der Waals surface area contributed by atoms with Gasteiger partial charge in [-0.3, -0.25) is 4.90 Å². The summed E-state index contributed by atoms with van der Waals surface area (Å²) in [5.41, 5.74) is 5.12. The molecule has 4 saturated carbocycles. The van der Waals surface area contributed by atoms with Gasteiger partial charge < -0.3 is 25.0 Å². The molecule has 13 heteroatoms. The maximum atomic E-state index is 13.5. The molecule has 1 saturated heterocycles. The Morgan fingerprint density at radius 2 is 1.61 bits per heavy atom. The largest absolute Gasteiger partial charge is 0.494 e. The first-order valence-corrected chi connectivity index (χ1v) is 19.1. The topological polar surface area (TPSA) is 91.9 Å². The second-order valence-corrected chi connectivity index (χ2v) is 16.0. The molecule has 1 amide bonds. The number of piperazine rings is 1. The first kappa shape index (κ1) is 35.2. The number of hydrogen-bond donors (Lipinski definition) is 2. The highest BCUT2D eigenvalue weighted by molar-refractivity contribution is 6.30. The molecule has 10 rings (SSSR count). The van der Waals surface area contributed by atoms with Crippen molar-refractivity contribution in [1.29, 1.82) is 0 Å². The van der Waals surface area contributed by atoms with Crippen molar-refractivity contribution in [1.82, 2.24) is 20.2 Å². The number of nitrogens with one attached hydrogen (secondary N) is 2. The summed E-state index contributed by atoms with van der Waals surface area (Å²) >= 11 is 5.80. The van der Waals surface area contributed by atoms with Crippen molar-refractivity contribution in [3.05, 3.63) is 94.8 Å².